The maximum atomic E-state index is 11.2. The van der Waals surface area contributed by atoms with E-state index in [0.29, 0.717) is 16.0 Å². The van der Waals surface area contributed by atoms with Gasteiger partial charge in [0.2, 0.25) is 0 Å². The van der Waals surface area contributed by atoms with Crippen molar-refractivity contribution in [2.45, 2.75) is 6.92 Å². The molecule has 0 saturated heterocycles. The van der Waals surface area contributed by atoms with E-state index < -0.39 is 5.97 Å². The maximum absolute atomic E-state index is 11.2. The molecule has 2 aromatic rings. The summed E-state index contributed by atoms with van der Waals surface area (Å²) in [5.41, 5.74) is 2.40. The number of carbonyl (C=O) groups excluding carboxylic acids is 1. The second-order valence-electron chi connectivity index (χ2n) is 3.62. The van der Waals surface area contributed by atoms with Crippen LogP contribution in [0.3, 0.4) is 0 Å². The van der Waals surface area contributed by atoms with E-state index in [0.717, 1.165) is 11.8 Å². The van der Waals surface area contributed by atoms with Crippen molar-refractivity contribution in [3.05, 3.63) is 45.6 Å². The van der Waals surface area contributed by atoms with Gasteiger partial charge in [-0.25, -0.2) is 4.79 Å². The second kappa shape index (κ2) is 4.51. The Labute approximate surface area is 102 Å². The van der Waals surface area contributed by atoms with E-state index in [-0.39, 0.29) is 5.56 Å². The molecule has 0 atom stereocenters. The van der Waals surface area contributed by atoms with Crippen LogP contribution in [0.15, 0.2) is 29.6 Å². The van der Waals surface area contributed by atoms with Crippen LogP contribution in [0.4, 0.5) is 0 Å². The highest BCUT2D eigenvalue weighted by Gasteiger charge is 2.16. The largest absolute Gasteiger partial charge is 0.478 e. The molecule has 0 saturated carbocycles. The van der Waals surface area contributed by atoms with Crippen LogP contribution >= 0.6 is 11.3 Å². The number of carboxylic acids is 1. The zero-order valence-corrected chi connectivity index (χ0v) is 9.95. The zero-order valence-electron chi connectivity index (χ0n) is 9.14. The fourth-order valence-corrected chi connectivity index (χ4v) is 2.53. The minimum Gasteiger partial charge on any atom is -0.478 e. The number of benzene rings is 1. The lowest BCUT2D eigenvalue weighted by atomic mass is 9.95. The lowest BCUT2D eigenvalue weighted by Gasteiger charge is -2.08. The molecule has 1 N–H and O–H groups in total. The molecule has 86 valence electrons. The predicted molar refractivity (Wildman–Crippen MR) is 66.8 cm³/mol. The second-order valence-corrected chi connectivity index (χ2v) is 4.57. The van der Waals surface area contributed by atoms with Gasteiger partial charge in [0.1, 0.15) is 0 Å². The van der Waals surface area contributed by atoms with Crippen LogP contribution in [0.5, 0.6) is 0 Å². The van der Waals surface area contributed by atoms with Crippen molar-refractivity contribution < 1.29 is 14.7 Å². The Balaban J connectivity index is 2.74. The van der Waals surface area contributed by atoms with Crippen LogP contribution in [0.1, 0.15) is 25.6 Å². The first-order valence-electron chi connectivity index (χ1n) is 5.01. The molecule has 17 heavy (non-hydrogen) atoms. The molecule has 0 radical (unpaired) electrons. The molecule has 0 aliphatic carbocycles. The van der Waals surface area contributed by atoms with Gasteiger partial charge in [0.05, 0.1) is 10.4 Å². The van der Waals surface area contributed by atoms with Gasteiger partial charge in [0, 0.05) is 11.1 Å². The van der Waals surface area contributed by atoms with E-state index >= 15 is 0 Å². The van der Waals surface area contributed by atoms with Crippen LogP contribution in [0, 0.1) is 6.92 Å². The van der Waals surface area contributed by atoms with Gasteiger partial charge in [-0.1, -0.05) is 12.1 Å². The number of aromatic carboxylic acids is 1. The van der Waals surface area contributed by atoms with Crippen molar-refractivity contribution in [2.75, 3.05) is 0 Å². The molecule has 2 rings (SSSR count). The number of carbonyl (C=O) groups is 2. The Morgan fingerprint density at radius 1 is 1.35 bits per heavy atom. The maximum Gasteiger partial charge on any atom is 0.336 e. The molecule has 0 fully saturated rings. The molecule has 0 spiro atoms. The van der Waals surface area contributed by atoms with E-state index in [4.69, 9.17) is 5.11 Å². The van der Waals surface area contributed by atoms with Crippen molar-refractivity contribution >= 4 is 23.6 Å². The van der Waals surface area contributed by atoms with E-state index in [2.05, 4.69) is 0 Å². The Morgan fingerprint density at radius 2 is 2.12 bits per heavy atom. The van der Waals surface area contributed by atoms with Gasteiger partial charge in [0.15, 0.2) is 6.29 Å². The van der Waals surface area contributed by atoms with Gasteiger partial charge in [0.25, 0.3) is 0 Å². The molecule has 0 aliphatic heterocycles. The standard InChI is InChI=1S/C13H10O3S/c1-8-3-2-4-10(13(15)16)12(8)9-5-6-17-11(9)7-14/h2-7H,1H3,(H,15,16). The number of aryl methyl sites for hydroxylation is 1. The average molecular weight is 246 g/mol. The lowest BCUT2D eigenvalue weighted by molar-refractivity contribution is 0.0697. The number of aldehydes is 1. The summed E-state index contributed by atoms with van der Waals surface area (Å²) >= 11 is 1.31. The quantitative estimate of drug-likeness (QED) is 0.846. The van der Waals surface area contributed by atoms with Crippen molar-refractivity contribution in [1.82, 2.24) is 0 Å². The van der Waals surface area contributed by atoms with Crippen molar-refractivity contribution in [1.29, 1.82) is 0 Å². The molecule has 1 aromatic carbocycles. The normalized spacial score (nSPS) is 10.2. The Kier molecular flexibility index (Phi) is 3.06. The van der Waals surface area contributed by atoms with Gasteiger partial charge in [-0.05, 0) is 30.0 Å². The summed E-state index contributed by atoms with van der Waals surface area (Å²) in [6.07, 6.45) is 0.762. The smallest absolute Gasteiger partial charge is 0.336 e. The third-order valence-electron chi connectivity index (χ3n) is 2.57. The molecule has 4 heteroatoms. The number of carboxylic acid groups (broad SMARTS) is 1. The molecule has 1 aromatic heterocycles. The summed E-state index contributed by atoms with van der Waals surface area (Å²) in [6, 6.07) is 6.88. The Bertz CT molecular complexity index is 584. The monoisotopic (exact) mass is 246 g/mol. The number of rotatable bonds is 3. The first-order valence-corrected chi connectivity index (χ1v) is 5.89. The summed E-state index contributed by atoms with van der Waals surface area (Å²) in [5, 5.41) is 11.0. The van der Waals surface area contributed by atoms with Gasteiger partial charge < -0.3 is 5.11 Å². The Morgan fingerprint density at radius 3 is 2.76 bits per heavy atom. The van der Waals surface area contributed by atoms with Gasteiger partial charge in [-0.3, -0.25) is 4.79 Å². The third-order valence-corrected chi connectivity index (χ3v) is 3.42. The summed E-state index contributed by atoms with van der Waals surface area (Å²) in [5.74, 6) is -0.980. The van der Waals surface area contributed by atoms with Crippen LogP contribution in [-0.2, 0) is 0 Å². The van der Waals surface area contributed by atoms with Crippen LogP contribution in [0.25, 0.3) is 11.1 Å². The third kappa shape index (κ3) is 1.99. The van der Waals surface area contributed by atoms with Crippen LogP contribution < -0.4 is 0 Å². The van der Waals surface area contributed by atoms with Crippen molar-refractivity contribution in [3.63, 3.8) is 0 Å². The van der Waals surface area contributed by atoms with Crippen LogP contribution in [0.2, 0.25) is 0 Å². The van der Waals surface area contributed by atoms with E-state index in [1.807, 2.05) is 13.0 Å². The molecular weight excluding hydrogens is 236 g/mol. The first-order chi connectivity index (χ1) is 8.15. The summed E-state index contributed by atoms with van der Waals surface area (Å²) in [4.78, 5) is 22.7. The molecule has 0 amide bonds. The SMILES string of the molecule is Cc1cccc(C(=O)O)c1-c1ccsc1C=O. The zero-order chi connectivity index (χ0) is 12.4. The minimum absolute atomic E-state index is 0.228. The number of thiophene rings is 1. The molecule has 0 aliphatic rings. The molecular formula is C13H10O3S. The molecule has 0 unspecified atom stereocenters. The van der Waals surface area contributed by atoms with E-state index in [1.165, 1.54) is 11.3 Å². The first kappa shape index (κ1) is 11.5. The van der Waals surface area contributed by atoms with Crippen molar-refractivity contribution in [3.8, 4) is 11.1 Å². The lowest BCUT2D eigenvalue weighted by Crippen LogP contribution is -2.01. The average Bonchev–Trinajstić information content (AvgIpc) is 2.76. The predicted octanol–water partition coefficient (Wildman–Crippen LogP) is 3.23. The highest BCUT2D eigenvalue weighted by Crippen LogP contribution is 2.32. The van der Waals surface area contributed by atoms with Gasteiger partial charge in [-0.2, -0.15) is 0 Å². The number of hydrogen-bond acceptors (Lipinski definition) is 3. The number of hydrogen-bond donors (Lipinski definition) is 1. The summed E-state index contributed by atoms with van der Waals surface area (Å²) in [7, 11) is 0. The van der Waals surface area contributed by atoms with Crippen molar-refractivity contribution in [2.24, 2.45) is 0 Å². The van der Waals surface area contributed by atoms with Gasteiger partial charge >= 0.3 is 5.97 Å². The van der Waals surface area contributed by atoms with Gasteiger partial charge in [-0.15, -0.1) is 11.3 Å². The minimum atomic E-state index is -0.980. The topological polar surface area (TPSA) is 54.4 Å². The molecule has 0 bridgehead atoms. The fourth-order valence-electron chi connectivity index (χ4n) is 1.82. The summed E-state index contributed by atoms with van der Waals surface area (Å²) in [6.45, 7) is 1.84. The Hall–Kier alpha value is -1.94. The van der Waals surface area contributed by atoms with Crippen LogP contribution in [-0.4, -0.2) is 17.4 Å². The fraction of sp³-hybridized carbons (Fsp3) is 0.0769. The highest BCUT2D eigenvalue weighted by molar-refractivity contribution is 7.12. The molecule has 1 heterocycles. The van der Waals surface area contributed by atoms with E-state index in [1.54, 1.807) is 23.6 Å². The van der Waals surface area contributed by atoms with E-state index in [9.17, 15) is 9.59 Å². The molecule has 3 nitrogen and oxygen atoms in total. The highest BCUT2D eigenvalue weighted by atomic mass is 32.1. The summed E-state index contributed by atoms with van der Waals surface area (Å²) < 4.78 is 0.